The van der Waals surface area contributed by atoms with Crippen molar-refractivity contribution in [3.8, 4) is 11.3 Å². The monoisotopic (exact) mass is 631 g/mol. The topological polar surface area (TPSA) is 50.2 Å². The summed E-state index contributed by atoms with van der Waals surface area (Å²) in [5, 5.41) is 9.56. The van der Waals surface area contributed by atoms with Crippen molar-refractivity contribution in [2.45, 2.75) is 54.6 Å². The number of nitrogens with zero attached hydrogens (tertiary/aromatic N) is 1. The third kappa shape index (κ3) is 9.21. The predicted molar refractivity (Wildman–Crippen MR) is 113 cm³/mol. The number of alkyl halides is 3. The molecule has 0 aliphatic rings. The zero-order chi connectivity index (χ0) is 24.2. The minimum Gasteiger partial charge on any atom is -0.512 e. The number of aromatic nitrogens is 1. The number of hydrogen-bond acceptors (Lipinski definition) is 3. The quantitative estimate of drug-likeness (QED) is 0.167. The van der Waals surface area contributed by atoms with Gasteiger partial charge in [-0.05, 0) is 24.2 Å². The van der Waals surface area contributed by atoms with E-state index in [9.17, 15) is 27.5 Å². The van der Waals surface area contributed by atoms with Crippen LogP contribution in [0.4, 0.5) is 17.6 Å². The SMILES string of the molecule is CC(C)(C)C(=O)/C=C(\O)C(C)(C)C.Cc1ccnc(-c2[c-]c(C(F)(F)F)ccc2F)c1.[Ir]. The zero-order valence-electron chi connectivity index (χ0n) is 19.1. The molecule has 179 valence electrons. The molecule has 1 aromatic carbocycles. The number of rotatable bonds is 2. The van der Waals surface area contributed by atoms with Gasteiger partial charge in [0.2, 0.25) is 0 Å². The van der Waals surface area contributed by atoms with E-state index in [0.717, 1.165) is 11.6 Å². The fourth-order valence-electron chi connectivity index (χ4n) is 2.06. The summed E-state index contributed by atoms with van der Waals surface area (Å²) in [6, 6.07) is 6.66. The van der Waals surface area contributed by atoms with Crippen LogP contribution in [0.1, 0.15) is 52.7 Å². The van der Waals surface area contributed by atoms with E-state index in [0.29, 0.717) is 6.07 Å². The minimum atomic E-state index is -4.55. The zero-order valence-corrected chi connectivity index (χ0v) is 21.5. The number of pyridine rings is 1. The number of halogens is 4. The Morgan fingerprint density at radius 1 is 1.03 bits per heavy atom. The van der Waals surface area contributed by atoms with Crippen LogP contribution in [0.3, 0.4) is 0 Å². The van der Waals surface area contributed by atoms with E-state index in [1.54, 1.807) is 13.0 Å². The number of allylic oxidation sites excluding steroid dienone is 2. The number of aliphatic hydroxyl groups excluding tert-OH is 1. The maximum Gasteiger partial charge on any atom is 0.399 e. The van der Waals surface area contributed by atoms with Gasteiger partial charge in [0.05, 0.1) is 0 Å². The molecule has 1 heterocycles. The molecule has 8 heteroatoms. The van der Waals surface area contributed by atoms with Gasteiger partial charge in [-0.2, -0.15) is 13.2 Å². The van der Waals surface area contributed by atoms with Gasteiger partial charge in [0.1, 0.15) is 5.76 Å². The first-order valence-electron chi connectivity index (χ1n) is 9.60. The van der Waals surface area contributed by atoms with Crippen LogP contribution in [0.2, 0.25) is 0 Å². The van der Waals surface area contributed by atoms with Crippen LogP contribution in [0.25, 0.3) is 11.3 Å². The van der Waals surface area contributed by atoms with Crippen LogP contribution in [-0.2, 0) is 31.1 Å². The molecule has 0 saturated carbocycles. The number of carbonyl (C=O) groups is 1. The fraction of sp³-hybridized carbons (Fsp3) is 0.417. The maximum atomic E-state index is 13.5. The third-order valence-corrected chi connectivity index (χ3v) is 4.15. The molecule has 1 aromatic heterocycles. The van der Waals surface area contributed by atoms with Gasteiger partial charge in [-0.25, -0.2) is 0 Å². The molecule has 0 unspecified atom stereocenters. The number of aliphatic hydroxyl groups is 1. The van der Waals surface area contributed by atoms with Crippen LogP contribution in [0, 0.1) is 29.6 Å². The molecule has 0 atom stereocenters. The molecule has 2 rings (SSSR count). The summed E-state index contributed by atoms with van der Waals surface area (Å²) < 4.78 is 51.1. The molecule has 0 saturated heterocycles. The molecule has 0 fully saturated rings. The maximum absolute atomic E-state index is 13.5. The first kappa shape index (κ1) is 29.9. The molecule has 0 amide bonds. The average molecular weight is 631 g/mol. The van der Waals surface area contributed by atoms with Gasteiger partial charge >= 0.3 is 6.18 Å². The van der Waals surface area contributed by atoms with Gasteiger partial charge in [-0.15, -0.1) is 18.2 Å². The fourth-order valence-corrected chi connectivity index (χ4v) is 2.06. The molecule has 3 nitrogen and oxygen atoms in total. The molecule has 0 aliphatic carbocycles. The molecule has 2 aromatic rings. The third-order valence-electron chi connectivity index (χ3n) is 4.15. The van der Waals surface area contributed by atoms with E-state index in [2.05, 4.69) is 4.98 Å². The van der Waals surface area contributed by atoms with Gasteiger partial charge in [0.15, 0.2) is 5.78 Å². The summed E-state index contributed by atoms with van der Waals surface area (Å²) in [7, 11) is 0. The molecule has 1 N–H and O–H groups in total. The Hall–Kier alpha value is -2.05. The van der Waals surface area contributed by atoms with E-state index in [4.69, 9.17) is 0 Å². The van der Waals surface area contributed by atoms with Crippen LogP contribution in [-0.4, -0.2) is 15.9 Å². The Balaban J connectivity index is 0.000000617. The molecule has 32 heavy (non-hydrogen) atoms. The van der Waals surface area contributed by atoms with Gasteiger partial charge in [-0.3, -0.25) is 9.18 Å². The Morgan fingerprint density at radius 2 is 1.59 bits per heavy atom. The van der Waals surface area contributed by atoms with Crippen LogP contribution in [0.15, 0.2) is 42.3 Å². The summed E-state index contributed by atoms with van der Waals surface area (Å²) in [4.78, 5) is 15.3. The summed E-state index contributed by atoms with van der Waals surface area (Å²) >= 11 is 0. The van der Waals surface area contributed by atoms with E-state index in [1.807, 2.05) is 47.6 Å². The molecule has 1 radical (unpaired) electrons. The Morgan fingerprint density at radius 3 is 2.03 bits per heavy atom. The van der Waals surface area contributed by atoms with E-state index >= 15 is 0 Å². The second-order valence-corrected chi connectivity index (χ2v) is 9.20. The first-order chi connectivity index (χ1) is 13.9. The summed E-state index contributed by atoms with van der Waals surface area (Å²) in [6.07, 6.45) is -1.80. The summed E-state index contributed by atoms with van der Waals surface area (Å²) in [5.41, 5.74) is -1.13. The van der Waals surface area contributed by atoms with Crippen molar-refractivity contribution in [2.75, 3.05) is 0 Å². The molecular formula is C24H28F4IrNO2-. The van der Waals surface area contributed by atoms with Crippen LogP contribution >= 0.6 is 0 Å². The minimum absolute atomic E-state index is 0. The molecular weight excluding hydrogens is 602 g/mol. The van der Waals surface area contributed by atoms with Crippen molar-refractivity contribution < 1.29 is 47.6 Å². The number of ketones is 1. The van der Waals surface area contributed by atoms with Crippen molar-refractivity contribution in [3.05, 3.63) is 65.3 Å². The largest absolute Gasteiger partial charge is 0.512 e. The van der Waals surface area contributed by atoms with Crippen molar-refractivity contribution in [1.82, 2.24) is 4.98 Å². The number of aryl methyl sites for hydroxylation is 1. The van der Waals surface area contributed by atoms with Gasteiger partial charge in [0.25, 0.3) is 0 Å². The Bertz CT molecular complexity index is 956. The van der Waals surface area contributed by atoms with Gasteiger partial charge in [-0.1, -0.05) is 58.7 Å². The molecule has 0 bridgehead atoms. The standard InChI is InChI=1S/C13H8F4N.C11H20O2.Ir/c1-8-4-5-18-12(6-8)10-7-9(13(15,16)17)2-3-11(10)14;1-10(2,3)8(12)7-9(13)11(4,5)6;/h2-6H,1H3;7,12H,1-6H3;/q-1;;/b;8-7-;. The van der Waals surface area contributed by atoms with Gasteiger partial charge in [0, 0.05) is 49.0 Å². The van der Waals surface area contributed by atoms with E-state index in [-0.39, 0.29) is 48.3 Å². The number of carbonyl (C=O) groups excluding carboxylic acids is 1. The average Bonchev–Trinajstić information content (AvgIpc) is 2.60. The Kier molecular flexibility index (Phi) is 10.5. The predicted octanol–water partition coefficient (Wildman–Crippen LogP) is 7.10. The second-order valence-electron chi connectivity index (χ2n) is 9.20. The van der Waals surface area contributed by atoms with Crippen LogP contribution in [0.5, 0.6) is 0 Å². The van der Waals surface area contributed by atoms with Crippen molar-refractivity contribution in [2.24, 2.45) is 10.8 Å². The van der Waals surface area contributed by atoms with Crippen molar-refractivity contribution in [1.29, 1.82) is 0 Å². The number of benzene rings is 1. The van der Waals surface area contributed by atoms with Crippen LogP contribution < -0.4 is 0 Å². The second kappa shape index (κ2) is 11.2. The van der Waals surface area contributed by atoms with Gasteiger partial charge < -0.3 is 10.1 Å². The number of hydrogen-bond donors (Lipinski definition) is 1. The normalized spacial score (nSPS) is 12.4. The smallest absolute Gasteiger partial charge is 0.399 e. The molecule has 0 spiro atoms. The first-order valence-corrected chi connectivity index (χ1v) is 9.60. The van der Waals surface area contributed by atoms with Crippen molar-refractivity contribution in [3.63, 3.8) is 0 Å². The van der Waals surface area contributed by atoms with E-state index < -0.39 is 23.0 Å². The Labute approximate surface area is 200 Å². The van der Waals surface area contributed by atoms with E-state index in [1.165, 1.54) is 18.3 Å². The molecule has 0 aliphatic heterocycles. The summed E-state index contributed by atoms with van der Waals surface area (Å²) in [6.45, 7) is 12.9. The summed E-state index contributed by atoms with van der Waals surface area (Å²) in [5.74, 6) is -0.673. The van der Waals surface area contributed by atoms with Crippen molar-refractivity contribution >= 4 is 5.78 Å².